The number of halogens is 3. The summed E-state index contributed by atoms with van der Waals surface area (Å²) in [5.41, 5.74) is -1.68. The average Bonchev–Trinajstić information content (AvgIpc) is 2.79. The van der Waals surface area contributed by atoms with Crippen LogP contribution in [0, 0.1) is 6.92 Å². The van der Waals surface area contributed by atoms with Gasteiger partial charge in [-0.05, 0) is 49.9 Å². The molecule has 3 N–H and O–H groups in total. The summed E-state index contributed by atoms with van der Waals surface area (Å²) in [4.78, 5) is 37.0. The van der Waals surface area contributed by atoms with Crippen molar-refractivity contribution >= 4 is 22.6 Å². The minimum atomic E-state index is -4.48. The van der Waals surface area contributed by atoms with Crippen LogP contribution in [0.25, 0.3) is 10.9 Å². The van der Waals surface area contributed by atoms with Crippen molar-refractivity contribution in [3.8, 4) is 0 Å². The molecular formula is C24H26F3N5O3. The third-order valence-electron chi connectivity index (χ3n) is 6.67. The molecule has 11 heteroatoms. The van der Waals surface area contributed by atoms with Crippen LogP contribution in [0.3, 0.4) is 0 Å². The molecule has 1 atom stereocenters. The van der Waals surface area contributed by atoms with Gasteiger partial charge in [0.25, 0.3) is 5.56 Å². The Hall–Kier alpha value is -3.47. The first-order valence-corrected chi connectivity index (χ1v) is 11.2. The van der Waals surface area contributed by atoms with Crippen LogP contribution >= 0.6 is 0 Å². The maximum Gasteiger partial charge on any atom is 0.416 e. The molecular weight excluding hydrogens is 463 g/mol. The number of carbonyl (C=O) groups is 1. The monoisotopic (exact) mass is 489 g/mol. The average molecular weight is 489 g/mol. The zero-order valence-electron chi connectivity index (χ0n) is 19.5. The molecule has 0 aliphatic carbocycles. The fourth-order valence-corrected chi connectivity index (χ4v) is 4.61. The number of anilines is 1. The Morgan fingerprint density at radius 1 is 1.26 bits per heavy atom. The summed E-state index contributed by atoms with van der Waals surface area (Å²) in [5, 5.41) is 14.7. The van der Waals surface area contributed by atoms with Crippen molar-refractivity contribution in [1.29, 1.82) is 0 Å². The molecule has 186 valence electrons. The number of fused-ring (bicyclic) bond motifs is 1. The lowest BCUT2D eigenvalue weighted by atomic mass is 9.87. The van der Waals surface area contributed by atoms with E-state index in [0.29, 0.717) is 24.0 Å². The number of H-pyrrole nitrogens is 1. The molecule has 1 fully saturated rings. The van der Waals surface area contributed by atoms with Gasteiger partial charge in [0.15, 0.2) is 0 Å². The number of aromatic amines is 1. The first kappa shape index (κ1) is 24.6. The summed E-state index contributed by atoms with van der Waals surface area (Å²) < 4.78 is 40.1. The minimum absolute atomic E-state index is 0.0854. The van der Waals surface area contributed by atoms with Crippen molar-refractivity contribution in [2.75, 3.05) is 18.4 Å². The van der Waals surface area contributed by atoms with E-state index in [4.69, 9.17) is 0 Å². The SMILES string of the molecule is CC(=O)N1CCC(O)(c2cc3c(NC(C)c4cccc(C(F)(F)F)c4C)ncnc3c(=O)[nH]2)CC1. The van der Waals surface area contributed by atoms with E-state index < -0.39 is 28.9 Å². The lowest BCUT2D eigenvalue weighted by Gasteiger charge is -2.37. The van der Waals surface area contributed by atoms with Crippen molar-refractivity contribution in [3.05, 3.63) is 63.3 Å². The van der Waals surface area contributed by atoms with Gasteiger partial charge < -0.3 is 20.3 Å². The molecule has 3 heterocycles. The van der Waals surface area contributed by atoms with Crippen LogP contribution in [0.15, 0.2) is 35.4 Å². The number of hydrogen-bond donors (Lipinski definition) is 3. The highest BCUT2D eigenvalue weighted by molar-refractivity contribution is 5.88. The quantitative estimate of drug-likeness (QED) is 0.516. The Labute approximate surface area is 199 Å². The number of hydrogen-bond acceptors (Lipinski definition) is 6. The van der Waals surface area contributed by atoms with Crippen molar-refractivity contribution in [2.24, 2.45) is 0 Å². The predicted octanol–water partition coefficient (Wildman–Crippen LogP) is 3.65. The Bertz CT molecular complexity index is 1330. The Morgan fingerprint density at radius 3 is 2.57 bits per heavy atom. The molecule has 0 radical (unpaired) electrons. The second-order valence-electron chi connectivity index (χ2n) is 8.92. The number of amides is 1. The number of aromatic nitrogens is 3. The van der Waals surface area contributed by atoms with Gasteiger partial charge in [-0.3, -0.25) is 9.59 Å². The van der Waals surface area contributed by atoms with Gasteiger partial charge in [0.05, 0.1) is 22.7 Å². The third kappa shape index (κ3) is 4.72. The number of carbonyl (C=O) groups excluding carboxylic acids is 1. The zero-order valence-corrected chi connectivity index (χ0v) is 19.5. The maximum atomic E-state index is 13.4. The summed E-state index contributed by atoms with van der Waals surface area (Å²) in [6, 6.07) is 5.02. The van der Waals surface area contributed by atoms with E-state index in [2.05, 4.69) is 20.3 Å². The normalized spacial score (nSPS) is 16.8. The second-order valence-corrected chi connectivity index (χ2v) is 8.92. The number of nitrogens with zero attached hydrogens (tertiary/aromatic N) is 3. The third-order valence-corrected chi connectivity index (χ3v) is 6.67. The smallest absolute Gasteiger partial charge is 0.384 e. The number of aliphatic hydroxyl groups is 1. The summed E-state index contributed by atoms with van der Waals surface area (Å²) in [6.07, 6.45) is -2.79. The minimum Gasteiger partial charge on any atom is -0.384 e. The Kier molecular flexibility index (Phi) is 6.31. The van der Waals surface area contributed by atoms with Crippen molar-refractivity contribution in [2.45, 2.75) is 51.4 Å². The maximum absolute atomic E-state index is 13.4. The molecule has 4 rings (SSSR count). The molecule has 1 aromatic carbocycles. The topological polar surface area (TPSA) is 111 Å². The molecule has 35 heavy (non-hydrogen) atoms. The van der Waals surface area contributed by atoms with E-state index in [1.807, 2.05) is 0 Å². The molecule has 0 bridgehead atoms. The molecule has 1 aliphatic heterocycles. The van der Waals surface area contributed by atoms with Gasteiger partial charge in [-0.25, -0.2) is 9.97 Å². The molecule has 1 aliphatic rings. The molecule has 2 aromatic heterocycles. The van der Waals surface area contributed by atoms with Crippen LogP contribution in [-0.4, -0.2) is 44.0 Å². The lowest BCUT2D eigenvalue weighted by Crippen LogP contribution is -2.45. The number of alkyl halides is 3. The summed E-state index contributed by atoms with van der Waals surface area (Å²) in [7, 11) is 0. The zero-order chi connectivity index (χ0) is 25.5. The highest BCUT2D eigenvalue weighted by atomic mass is 19.4. The molecule has 8 nitrogen and oxygen atoms in total. The van der Waals surface area contributed by atoms with Gasteiger partial charge in [-0.15, -0.1) is 0 Å². The van der Waals surface area contributed by atoms with Gasteiger partial charge in [0.1, 0.15) is 23.3 Å². The number of benzene rings is 1. The van der Waals surface area contributed by atoms with Crippen LogP contribution in [-0.2, 0) is 16.6 Å². The van der Waals surface area contributed by atoms with Crippen molar-refractivity contribution in [3.63, 3.8) is 0 Å². The molecule has 1 unspecified atom stereocenters. The van der Waals surface area contributed by atoms with Crippen LogP contribution in [0.5, 0.6) is 0 Å². The standard InChI is InChI=1S/C24H26F3N5O3/c1-13-16(5-4-6-18(13)24(25,26)27)14(2)30-21-17-11-19(31-22(34)20(17)28-12-29-21)23(35)7-9-32(10-8-23)15(3)33/h4-6,11-12,14,35H,7-10H2,1-3H3,(H,31,34)(H,28,29,30). The Morgan fingerprint density at radius 2 is 1.94 bits per heavy atom. The molecule has 0 spiro atoms. The molecule has 1 amide bonds. The number of rotatable bonds is 4. The summed E-state index contributed by atoms with van der Waals surface area (Å²) >= 11 is 0. The van der Waals surface area contributed by atoms with E-state index in [1.165, 1.54) is 26.2 Å². The van der Waals surface area contributed by atoms with Crippen molar-refractivity contribution in [1.82, 2.24) is 19.9 Å². The van der Waals surface area contributed by atoms with E-state index >= 15 is 0 Å². The van der Waals surface area contributed by atoms with Gasteiger partial charge in [0, 0.05) is 20.0 Å². The predicted molar refractivity (Wildman–Crippen MR) is 124 cm³/mol. The van der Waals surface area contributed by atoms with E-state index in [9.17, 15) is 27.9 Å². The van der Waals surface area contributed by atoms with Gasteiger partial charge in [0.2, 0.25) is 5.91 Å². The lowest BCUT2D eigenvalue weighted by molar-refractivity contribution is -0.138. The highest BCUT2D eigenvalue weighted by Crippen LogP contribution is 2.36. The van der Waals surface area contributed by atoms with Crippen LogP contribution in [0.2, 0.25) is 0 Å². The molecule has 0 saturated carbocycles. The van der Waals surface area contributed by atoms with Crippen molar-refractivity contribution < 1.29 is 23.1 Å². The number of pyridine rings is 1. The van der Waals surface area contributed by atoms with E-state index in [-0.39, 0.29) is 41.3 Å². The van der Waals surface area contributed by atoms with Gasteiger partial charge in [-0.1, -0.05) is 12.1 Å². The van der Waals surface area contributed by atoms with Gasteiger partial charge in [-0.2, -0.15) is 13.2 Å². The van der Waals surface area contributed by atoms with Crippen LogP contribution < -0.4 is 10.9 Å². The number of piperidine rings is 1. The Balaban J connectivity index is 1.70. The first-order chi connectivity index (χ1) is 16.4. The second kappa shape index (κ2) is 8.95. The van der Waals surface area contributed by atoms with Gasteiger partial charge >= 0.3 is 6.18 Å². The first-order valence-electron chi connectivity index (χ1n) is 11.2. The van der Waals surface area contributed by atoms with E-state index in [1.54, 1.807) is 24.0 Å². The molecule has 3 aromatic rings. The molecule has 1 saturated heterocycles. The number of likely N-dealkylation sites (tertiary alicyclic amines) is 1. The highest BCUT2D eigenvalue weighted by Gasteiger charge is 2.36. The fourth-order valence-electron chi connectivity index (χ4n) is 4.61. The van der Waals surface area contributed by atoms with Crippen LogP contribution in [0.4, 0.5) is 19.0 Å². The summed E-state index contributed by atoms with van der Waals surface area (Å²) in [5.74, 6) is 0.175. The number of nitrogens with one attached hydrogen (secondary N) is 2. The fraction of sp³-hybridized carbons (Fsp3) is 0.417. The largest absolute Gasteiger partial charge is 0.416 e. The van der Waals surface area contributed by atoms with E-state index in [0.717, 1.165) is 6.07 Å². The van der Waals surface area contributed by atoms with Crippen LogP contribution in [0.1, 0.15) is 55.1 Å². The summed E-state index contributed by atoms with van der Waals surface area (Å²) in [6.45, 7) is 5.27.